The molecule has 1 aromatic heterocycles. The maximum absolute atomic E-state index is 12.2. The van der Waals surface area contributed by atoms with E-state index >= 15 is 0 Å². The van der Waals surface area contributed by atoms with Gasteiger partial charge in [0.15, 0.2) is 0 Å². The Morgan fingerprint density at radius 2 is 2.00 bits per heavy atom. The molecule has 2 N–H and O–H groups in total. The van der Waals surface area contributed by atoms with Crippen LogP contribution in [0.15, 0.2) is 22.6 Å². The van der Waals surface area contributed by atoms with Crippen LogP contribution in [0.5, 0.6) is 5.75 Å². The fourth-order valence-electron chi connectivity index (χ4n) is 2.27. The molecular formula is C17H19Cl2NO4. The quantitative estimate of drug-likeness (QED) is 0.812. The summed E-state index contributed by atoms with van der Waals surface area (Å²) < 4.78 is 10.9. The first-order valence-electron chi connectivity index (χ1n) is 7.41. The van der Waals surface area contributed by atoms with E-state index in [1.54, 1.807) is 32.0 Å². The molecular weight excluding hydrogens is 353 g/mol. The summed E-state index contributed by atoms with van der Waals surface area (Å²) in [6.45, 7) is 5.37. The number of aliphatic hydroxyl groups excluding tert-OH is 1. The monoisotopic (exact) mass is 371 g/mol. The largest absolute Gasteiger partial charge is 0.489 e. The Kier molecular flexibility index (Phi) is 6.15. The van der Waals surface area contributed by atoms with Gasteiger partial charge in [0, 0.05) is 12.1 Å². The zero-order valence-corrected chi connectivity index (χ0v) is 15.2. The van der Waals surface area contributed by atoms with Gasteiger partial charge in [0.25, 0.3) is 5.91 Å². The number of carbonyl (C=O) groups excluding carboxylic acids is 1. The molecule has 1 atom stereocenters. The van der Waals surface area contributed by atoms with Crippen molar-refractivity contribution in [2.75, 3.05) is 13.2 Å². The first kappa shape index (κ1) is 18.6. The van der Waals surface area contributed by atoms with Crippen molar-refractivity contribution in [1.29, 1.82) is 0 Å². The van der Waals surface area contributed by atoms with Gasteiger partial charge < -0.3 is 19.6 Å². The predicted octanol–water partition coefficient (Wildman–Crippen LogP) is 3.68. The highest BCUT2D eigenvalue weighted by molar-refractivity contribution is 6.42. The highest BCUT2D eigenvalue weighted by Gasteiger charge is 2.19. The third-order valence-corrected chi connectivity index (χ3v) is 4.44. The van der Waals surface area contributed by atoms with Crippen molar-refractivity contribution in [2.45, 2.75) is 26.9 Å². The van der Waals surface area contributed by atoms with Crippen LogP contribution in [0.4, 0.5) is 0 Å². The molecule has 0 bridgehead atoms. The lowest BCUT2D eigenvalue weighted by molar-refractivity contribution is 0.0842. The minimum atomic E-state index is -0.891. The number of benzene rings is 1. The second-order valence-electron chi connectivity index (χ2n) is 5.44. The fourth-order valence-corrected chi connectivity index (χ4v) is 2.61. The molecule has 7 heteroatoms. The van der Waals surface area contributed by atoms with E-state index in [1.165, 1.54) is 0 Å². The van der Waals surface area contributed by atoms with Crippen LogP contribution in [-0.2, 0) is 0 Å². The summed E-state index contributed by atoms with van der Waals surface area (Å²) in [5.74, 6) is 1.35. The molecule has 0 fully saturated rings. The summed E-state index contributed by atoms with van der Waals surface area (Å²) in [6, 6.07) is 5.00. The standard InChI is InChI=1S/C17H19Cl2NO4/c1-9-10(2)24-11(3)15(9)17(22)20-7-12(21)8-23-14-6-4-5-13(18)16(14)19/h4-6,12,21H,7-8H2,1-3H3,(H,20,22)/t12-/m1/s1. The molecule has 0 spiro atoms. The van der Waals surface area contributed by atoms with Crippen LogP contribution in [0.3, 0.4) is 0 Å². The Morgan fingerprint density at radius 1 is 1.29 bits per heavy atom. The lowest BCUT2D eigenvalue weighted by Crippen LogP contribution is -2.35. The first-order chi connectivity index (χ1) is 11.3. The molecule has 0 unspecified atom stereocenters. The van der Waals surface area contributed by atoms with E-state index in [4.69, 9.17) is 32.4 Å². The number of hydrogen-bond donors (Lipinski definition) is 2. The topological polar surface area (TPSA) is 71.7 Å². The van der Waals surface area contributed by atoms with E-state index < -0.39 is 6.10 Å². The van der Waals surface area contributed by atoms with Gasteiger partial charge in [-0.1, -0.05) is 29.3 Å². The van der Waals surface area contributed by atoms with Crippen molar-refractivity contribution in [3.63, 3.8) is 0 Å². The molecule has 2 aromatic rings. The highest BCUT2D eigenvalue weighted by atomic mass is 35.5. The summed E-state index contributed by atoms with van der Waals surface area (Å²) in [4.78, 5) is 12.2. The first-order valence-corrected chi connectivity index (χ1v) is 8.16. The normalized spacial score (nSPS) is 12.1. The molecule has 2 rings (SSSR count). The minimum Gasteiger partial charge on any atom is -0.489 e. The Labute approximate surface area is 150 Å². The summed E-state index contributed by atoms with van der Waals surface area (Å²) in [5.41, 5.74) is 1.29. The molecule has 0 aliphatic carbocycles. The summed E-state index contributed by atoms with van der Waals surface area (Å²) in [6.07, 6.45) is -0.891. The van der Waals surface area contributed by atoms with Crippen molar-refractivity contribution < 1.29 is 19.1 Å². The van der Waals surface area contributed by atoms with E-state index in [-0.39, 0.29) is 24.1 Å². The maximum Gasteiger partial charge on any atom is 0.255 e. The number of nitrogens with one attached hydrogen (secondary N) is 1. The molecule has 5 nitrogen and oxygen atoms in total. The lowest BCUT2D eigenvalue weighted by atomic mass is 10.1. The third-order valence-electron chi connectivity index (χ3n) is 3.63. The van der Waals surface area contributed by atoms with Crippen LogP contribution in [0.2, 0.25) is 10.0 Å². The molecule has 1 heterocycles. The fraction of sp³-hybridized carbons (Fsp3) is 0.353. The summed E-state index contributed by atoms with van der Waals surface area (Å²) in [5, 5.41) is 13.3. The SMILES string of the molecule is Cc1oc(C)c(C(=O)NC[C@@H](O)COc2cccc(Cl)c2Cl)c1C. The van der Waals surface area contributed by atoms with E-state index in [9.17, 15) is 9.90 Å². The van der Waals surface area contributed by atoms with Crippen LogP contribution < -0.4 is 10.1 Å². The van der Waals surface area contributed by atoms with Gasteiger partial charge in [-0.05, 0) is 32.9 Å². The van der Waals surface area contributed by atoms with Gasteiger partial charge in [-0.15, -0.1) is 0 Å². The molecule has 0 radical (unpaired) electrons. The van der Waals surface area contributed by atoms with E-state index in [0.29, 0.717) is 27.9 Å². The number of amides is 1. The second kappa shape index (κ2) is 7.92. The summed E-state index contributed by atoms with van der Waals surface area (Å²) >= 11 is 11.9. The number of aryl methyl sites for hydroxylation is 2. The molecule has 24 heavy (non-hydrogen) atoms. The van der Waals surface area contributed by atoms with Crippen molar-refractivity contribution in [2.24, 2.45) is 0 Å². The number of halogens is 2. The minimum absolute atomic E-state index is 0.0251. The summed E-state index contributed by atoms with van der Waals surface area (Å²) in [7, 11) is 0. The lowest BCUT2D eigenvalue weighted by Gasteiger charge is -2.14. The van der Waals surface area contributed by atoms with E-state index in [2.05, 4.69) is 5.32 Å². The van der Waals surface area contributed by atoms with Crippen molar-refractivity contribution in [3.05, 3.63) is 50.9 Å². The van der Waals surface area contributed by atoms with Gasteiger partial charge in [0.1, 0.15) is 35.0 Å². The van der Waals surface area contributed by atoms with Crippen molar-refractivity contribution in [3.8, 4) is 5.75 Å². The molecule has 0 aliphatic rings. The van der Waals surface area contributed by atoms with Gasteiger partial charge in [-0.2, -0.15) is 0 Å². The Bertz CT molecular complexity index is 742. The van der Waals surface area contributed by atoms with Crippen molar-refractivity contribution >= 4 is 29.1 Å². The number of rotatable bonds is 6. The number of hydrogen-bond acceptors (Lipinski definition) is 4. The average molecular weight is 372 g/mol. The Morgan fingerprint density at radius 3 is 2.62 bits per heavy atom. The number of ether oxygens (including phenoxy) is 1. The van der Waals surface area contributed by atoms with Gasteiger partial charge in [-0.25, -0.2) is 0 Å². The van der Waals surface area contributed by atoms with Crippen LogP contribution in [-0.4, -0.2) is 30.3 Å². The molecule has 0 aliphatic heterocycles. The maximum atomic E-state index is 12.2. The molecule has 0 saturated carbocycles. The molecule has 1 amide bonds. The molecule has 130 valence electrons. The second-order valence-corrected chi connectivity index (χ2v) is 6.23. The zero-order valence-electron chi connectivity index (χ0n) is 13.7. The smallest absolute Gasteiger partial charge is 0.255 e. The predicted molar refractivity (Wildman–Crippen MR) is 93.2 cm³/mol. The van der Waals surface area contributed by atoms with Gasteiger partial charge in [-0.3, -0.25) is 4.79 Å². The number of furan rings is 1. The zero-order chi connectivity index (χ0) is 17.9. The molecule has 0 saturated heterocycles. The third kappa shape index (κ3) is 4.23. The number of aliphatic hydroxyl groups is 1. The van der Waals surface area contributed by atoms with Crippen LogP contribution in [0.1, 0.15) is 27.4 Å². The van der Waals surface area contributed by atoms with Crippen LogP contribution in [0, 0.1) is 20.8 Å². The number of carbonyl (C=O) groups is 1. The van der Waals surface area contributed by atoms with E-state index in [1.807, 2.05) is 6.92 Å². The van der Waals surface area contributed by atoms with Gasteiger partial charge in [0.2, 0.25) is 0 Å². The Balaban J connectivity index is 1.88. The Hall–Kier alpha value is -1.69. The van der Waals surface area contributed by atoms with E-state index in [0.717, 1.165) is 5.56 Å². The average Bonchev–Trinajstić information content (AvgIpc) is 2.79. The molecule has 1 aromatic carbocycles. The van der Waals surface area contributed by atoms with Gasteiger partial charge >= 0.3 is 0 Å². The highest BCUT2D eigenvalue weighted by Crippen LogP contribution is 2.31. The van der Waals surface area contributed by atoms with Gasteiger partial charge in [0.05, 0.1) is 10.6 Å². The van der Waals surface area contributed by atoms with Crippen LogP contribution >= 0.6 is 23.2 Å². The van der Waals surface area contributed by atoms with Crippen molar-refractivity contribution in [1.82, 2.24) is 5.32 Å². The van der Waals surface area contributed by atoms with Crippen LogP contribution in [0.25, 0.3) is 0 Å².